The minimum Gasteiger partial charge on any atom is -0.507 e. The Morgan fingerprint density at radius 2 is 1.67 bits per heavy atom. The van der Waals surface area contributed by atoms with Crippen LogP contribution in [0.15, 0.2) is 12.1 Å². The van der Waals surface area contributed by atoms with Crippen LogP contribution in [-0.2, 0) is 10.8 Å². The lowest BCUT2D eigenvalue weighted by atomic mass is 9.68. The molecule has 1 atom stereocenters. The number of phenolic OH excluding ortho intramolecular Hbond substituents is 1. The molecule has 2 nitrogen and oxygen atoms in total. The van der Waals surface area contributed by atoms with E-state index in [1.807, 2.05) is 12.1 Å². The molecular weight excluding hydrogens is 260 g/mol. The molecule has 1 aromatic rings. The molecule has 21 heavy (non-hydrogen) atoms. The molecule has 1 aliphatic rings. The minimum atomic E-state index is -0.502. The topological polar surface area (TPSA) is 40.5 Å². The fraction of sp³-hybridized carbons (Fsp3) is 0.684. The highest BCUT2D eigenvalue weighted by atomic mass is 16.3. The van der Waals surface area contributed by atoms with E-state index in [-0.39, 0.29) is 10.8 Å². The molecular formula is C19H30O2. The highest BCUT2D eigenvalue weighted by Crippen LogP contribution is 2.46. The first-order valence-corrected chi connectivity index (χ1v) is 8.21. The van der Waals surface area contributed by atoms with Crippen LogP contribution in [0.25, 0.3) is 0 Å². The SMILES string of the molecule is CC(O)c1cc(C(C)(C)C)c(O)c(C2(C)CCCCC2)c1. The number of benzene rings is 1. The van der Waals surface area contributed by atoms with Crippen molar-refractivity contribution >= 4 is 0 Å². The fourth-order valence-corrected chi connectivity index (χ4v) is 3.53. The third-order valence-electron chi connectivity index (χ3n) is 5.03. The fourth-order valence-electron chi connectivity index (χ4n) is 3.53. The molecule has 118 valence electrons. The summed E-state index contributed by atoms with van der Waals surface area (Å²) in [4.78, 5) is 0. The second kappa shape index (κ2) is 5.64. The van der Waals surface area contributed by atoms with Gasteiger partial charge in [0.2, 0.25) is 0 Å². The van der Waals surface area contributed by atoms with Gasteiger partial charge in [-0.1, -0.05) is 47.0 Å². The van der Waals surface area contributed by atoms with Crippen LogP contribution in [0.4, 0.5) is 0 Å². The monoisotopic (exact) mass is 290 g/mol. The normalized spacial score (nSPS) is 20.3. The Balaban J connectivity index is 2.61. The van der Waals surface area contributed by atoms with Crippen LogP contribution >= 0.6 is 0 Å². The van der Waals surface area contributed by atoms with Gasteiger partial charge in [0.05, 0.1) is 6.10 Å². The summed E-state index contributed by atoms with van der Waals surface area (Å²) in [7, 11) is 0. The second-order valence-electron chi connectivity index (χ2n) is 8.01. The molecule has 2 rings (SSSR count). The van der Waals surface area contributed by atoms with Gasteiger partial charge in [0.1, 0.15) is 5.75 Å². The zero-order chi connectivity index (χ0) is 15.8. The van der Waals surface area contributed by atoms with E-state index < -0.39 is 6.10 Å². The number of aliphatic hydroxyl groups is 1. The smallest absolute Gasteiger partial charge is 0.123 e. The van der Waals surface area contributed by atoms with E-state index in [1.165, 1.54) is 19.3 Å². The molecule has 1 saturated carbocycles. The molecule has 2 N–H and O–H groups in total. The van der Waals surface area contributed by atoms with Gasteiger partial charge in [-0.15, -0.1) is 0 Å². The molecule has 0 aliphatic heterocycles. The Kier molecular flexibility index (Phi) is 4.39. The summed E-state index contributed by atoms with van der Waals surface area (Å²) in [6.07, 6.45) is 5.47. The van der Waals surface area contributed by atoms with E-state index >= 15 is 0 Å². The summed E-state index contributed by atoms with van der Waals surface area (Å²) in [5.74, 6) is 0.441. The lowest BCUT2D eigenvalue weighted by Crippen LogP contribution is -2.26. The van der Waals surface area contributed by atoms with Crippen molar-refractivity contribution in [3.8, 4) is 5.75 Å². The zero-order valence-electron chi connectivity index (χ0n) is 14.2. The predicted octanol–water partition coefficient (Wildman–Crippen LogP) is 4.96. The van der Waals surface area contributed by atoms with Crippen molar-refractivity contribution in [3.63, 3.8) is 0 Å². The van der Waals surface area contributed by atoms with Crippen LogP contribution in [0, 0.1) is 0 Å². The van der Waals surface area contributed by atoms with Crippen molar-refractivity contribution in [1.82, 2.24) is 0 Å². The van der Waals surface area contributed by atoms with E-state index in [4.69, 9.17) is 0 Å². The van der Waals surface area contributed by atoms with Gasteiger partial charge < -0.3 is 10.2 Å². The standard InChI is InChI=1S/C19H30O2/c1-13(20)14-11-15(18(2,3)4)17(21)16(12-14)19(5)9-7-6-8-10-19/h11-13,20-21H,6-10H2,1-5H3. The number of aliphatic hydroxyl groups excluding tert-OH is 1. The summed E-state index contributed by atoms with van der Waals surface area (Å²) < 4.78 is 0. The highest BCUT2D eigenvalue weighted by Gasteiger charge is 2.34. The van der Waals surface area contributed by atoms with Crippen molar-refractivity contribution in [1.29, 1.82) is 0 Å². The van der Waals surface area contributed by atoms with Crippen molar-refractivity contribution < 1.29 is 10.2 Å². The van der Waals surface area contributed by atoms with E-state index in [0.717, 1.165) is 29.5 Å². The molecule has 1 fully saturated rings. The Bertz CT molecular complexity index is 503. The molecule has 0 heterocycles. The number of aromatic hydroxyl groups is 1. The molecule has 0 bridgehead atoms. The van der Waals surface area contributed by atoms with Gasteiger partial charge in [-0.05, 0) is 53.9 Å². The maximum absolute atomic E-state index is 10.9. The summed E-state index contributed by atoms with van der Waals surface area (Å²) in [5, 5.41) is 20.9. The Morgan fingerprint density at radius 3 is 2.14 bits per heavy atom. The van der Waals surface area contributed by atoms with Gasteiger partial charge >= 0.3 is 0 Å². The van der Waals surface area contributed by atoms with Crippen LogP contribution in [0.1, 0.15) is 89.5 Å². The van der Waals surface area contributed by atoms with Gasteiger partial charge in [0, 0.05) is 5.56 Å². The van der Waals surface area contributed by atoms with Crippen molar-refractivity contribution in [2.75, 3.05) is 0 Å². The lowest BCUT2D eigenvalue weighted by molar-refractivity contribution is 0.198. The van der Waals surface area contributed by atoms with Crippen LogP contribution in [0.3, 0.4) is 0 Å². The van der Waals surface area contributed by atoms with Crippen molar-refractivity contribution in [2.45, 2.75) is 83.7 Å². The predicted molar refractivity (Wildman–Crippen MR) is 87.9 cm³/mol. The van der Waals surface area contributed by atoms with Crippen LogP contribution in [0.5, 0.6) is 5.75 Å². The molecule has 1 unspecified atom stereocenters. The molecule has 2 heteroatoms. The molecule has 1 aliphatic carbocycles. The molecule has 0 aromatic heterocycles. The molecule has 1 aromatic carbocycles. The number of phenols is 1. The van der Waals surface area contributed by atoms with Crippen molar-refractivity contribution in [3.05, 3.63) is 28.8 Å². The first-order valence-electron chi connectivity index (χ1n) is 8.21. The Hall–Kier alpha value is -1.02. The van der Waals surface area contributed by atoms with Gasteiger partial charge in [0.25, 0.3) is 0 Å². The lowest BCUT2D eigenvalue weighted by Gasteiger charge is -2.36. The van der Waals surface area contributed by atoms with Gasteiger partial charge in [-0.3, -0.25) is 0 Å². The molecule has 0 spiro atoms. The first kappa shape index (κ1) is 16.4. The summed E-state index contributed by atoms with van der Waals surface area (Å²) in [6.45, 7) is 10.4. The van der Waals surface area contributed by atoms with Crippen LogP contribution in [-0.4, -0.2) is 10.2 Å². The number of hydrogen-bond donors (Lipinski definition) is 2. The Labute approximate surface area is 129 Å². The molecule has 0 saturated heterocycles. The average molecular weight is 290 g/mol. The largest absolute Gasteiger partial charge is 0.507 e. The summed E-state index contributed by atoms with van der Waals surface area (Å²) in [6, 6.07) is 4.00. The minimum absolute atomic E-state index is 0.0350. The maximum Gasteiger partial charge on any atom is 0.123 e. The first-order chi connectivity index (χ1) is 9.65. The number of hydrogen-bond acceptors (Lipinski definition) is 2. The molecule has 0 amide bonds. The third kappa shape index (κ3) is 3.26. The van der Waals surface area contributed by atoms with Gasteiger partial charge in [0.15, 0.2) is 0 Å². The zero-order valence-corrected chi connectivity index (χ0v) is 14.2. The van der Waals surface area contributed by atoms with Gasteiger partial charge in [-0.25, -0.2) is 0 Å². The van der Waals surface area contributed by atoms with E-state index in [9.17, 15) is 10.2 Å². The van der Waals surface area contributed by atoms with E-state index in [0.29, 0.717) is 5.75 Å². The maximum atomic E-state index is 10.9. The summed E-state index contributed by atoms with van der Waals surface area (Å²) in [5.41, 5.74) is 2.80. The quantitative estimate of drug-likeness (QED) is 0.807. The third-order valence-corrected chi connectivity index (χ3v) is 5.03. The molecule has 0 radical (unpaired) electrons. The van der Waals surface area contributed by atoms with E-state index in [1.54, 1.807) is 6.92 Å². The Morgan fingerprint density at radius 1 is 1.10 bits per heavy atom. The highest BCUT2D eigenvalue weighted by molar-refractivity contribution is 5.50. The van der Waals surface area contributed by atoms with Crippen molar-refractivity contribution in [2.24, 2.45) is 0 Å². The number of rotatable bonds is 2. The van der Waals surface area contributed by atoms with Crippen LogP contribution < -0.4 is 0 Å². The second-order valence-corrected chi connectivity index (χ2v) is 8.01. The van der Waals surface area contributed by atoms with Crippen LogP contribution in [0.2, 0.25) is 0 Å². The summed E-state index contributed by atoms with van der Waals surface area (Å²) >= 11 is 0. The van der Waals surface area contributed by atoms with Gasteiger partial charge in [-0.2, -0.15) is 0 Å². The average Bonchev–Trinajstić information content (AvgIpc) is 2.37. The van der Waals surface area contributed by atoms with E-state index in [2.05, 4.69) is 27.7 Å².